The van der Waals surface area contributed by atoms with Crippen molar-refractivity contribution < 1.29 is 19.1 Å². The van der Waals surface area contributed by atoms with Crippen molar-refractivity contribution in [2.75, 3.05) is 18.1 Å². The lowest BCUT2D eigenvalue weighted by molar-refractivity contribution is -0.123. The smallest absolute Gasteiger partial charge is 0.269 e. The van der Waals surface area contributed by atoms with Gasteiger partial charge in [0.1, 0.15) is 19.3 Å². The van der Waals surface area contributed by atoms with Gasteiger partial charge in [-0.25, -0.2) is 0 Å². The van der Waals surface area contributed by atoms with Crippen LogP contribution in [-0.4, -0.2) is 31.1 Å². The molecule has 2 aliphatic rings. The van der Waals surface area contributed by atoms with E-state index < -0.39 is 6.04 Å². The zero-order valence-corrected chi connectivity index (χ0v) is 19.8. The van der Waals surface area contributed by atoms with Crippen LogP contribution >= 0.6 is 11.3 Å². The van der Waals surface area contributed by atoms with E-state index in [1.54, 1.807) is 23.1 Å². The zero-order valence-electron chi connectivity index (χ0n) is 18.9. The van der Waals surface area contributed by atoms with Gasteiger partial charge in [-0.3, -0.25) is 14.5 Å². The average molecular weight is 477 g/mol. The third kappa shape index (κ3) is 4.80. The molecule has 1 atom stereocenters. The molecule has 0 bridgehead atoms. The minimum Gasteiger partial charge on any atom is -0.486 e. The lowest BCUT2D eigenvalue weighted by Crippen LogP contribution is -2.47. The molecule has 2 amide bonds. The monoisotopic (exact) mass is 476 g/mol. The van der Waals surface area contributed by atoms with Gasteiger partial charge in [-0.1, -0.05) is 55.7 Å². The van der Waals surface area contributed by atoms with Gasteiger partial charge in [0, 0.05) is 17.8 Å². The molecular weight excluding hydrogens is 448 g/mol. The molecule has 0 spiro atoms. The predicted molar refractivity (Wildman–Crippen MR) is 133 cm³/mol. The Morgan fingerprint density at radius 3 is 2.41 bits per heavy atom. The van der Waals surface area contributed by atoms with Crippen molar-refractivity contribution in [3.8, 4) is 11.5 Å². The molecule has 3 aromatic rings. The van der Waals surface area contributed by atoms with Crippen LogP contribution in [0.2, 0.25) is 0 Å². The number of rotatable bonds is 6. The van der Waals surface area contributed by atoms with Crippen LogP contribution in [0.1, 0.15) is 53.4 Å². The number of carbonyl (C=O) groups is 2. The first kappa shape index (κ1) is 22.5. The Balaban J connectivity index is 1.58. The van der Waals surface area contributed by atoms with E-state index in [0.29, 0.717) is 35.3 Å². The fraction of sp³-hybridized carbons (Fsp3) is 0.333. The highest BCUT2D eigenvalue weighted by molar-refractivity contribution is 7.12. The first-order chi connectivity index (χ1) is 16.7. The summed E-state index contributed by atoms with van der Waals surface area (Å²) in [5.74, 6) is 0.825. The van der Waals surface area contributed by atoms with Gasteiger partial charge in [0.2, 0.25) is 5.91 Å². The second kappa shape index (κ2) is 10.3. The highest BCUT2D eigenvalue weighted by Gasteiger charge is 2.35. The molecule has 0 saturated heterocycles. The van der Waals surface area contributed by atoms with Gasteiger partial charge in [0.25, 0.3) is 5.91 Å². The van der Waals surface area contributed by atoms with E-state index in [1.165, 1.54) is 17.8 Å². The first-order valence-corrected chi connectivity index (χ1v) is 12.7. The summed E-state index contributed by atoms with van der Waals surface area (Å²) in [6.07, 6.45) is 5.36. The van der Waals surface area contributed by atoms with Crippen molar-refractivity contribution in [1.29, 1.82) is 0 Å². The first-order valence-electron chi connectivity index (χ1n) is 11.8. The molecule has 1 aliphatic heterocycles. The van der Waals surface area contributed by atoms with Crippen molar-refractivity contribution >= 4 is 28.8 Å². The maximum absolute atomic E-state index is 13.9. The number of ether oxygens (including phenoxy) is 2. The Labute approximate surface area is 203 Å². The highest BCUT2D eigenvalue weighted by Crippen LogP contribution is 2.38. The van der Waals surface area contributed by atoms with Gasteiger partial charge in [-0.2, -0.15) is 0 Å². The van der Waals surface area contributed by atoms with Crippen LogP contribution < -0.4 is 19.7 Å². The fourth-order valence-corrected chi connectivity index (χ4v) is 5.32. The summed E-state index contributed by atoms with van der Waals surface area (Å²) in [7, 11) is 0. The highest BCUT2D eigenvalue weighted by atomic mass is 32.1. The molecule has 7 heteroatoms. The predicted octanol–water partition coefficient (Wildman–Crippen LogP) is 5.36. The lowest BCUT2D eigenvalue weighted by atomic mass is 9.94. The Morgan fingerprint density at radius 1 is 0.912 bits per heavy atom. The van der Waals surface area contributed by atoms with Crippen LogP contribution in [0.25, 0.3) is 0 Å². The minimum atomic E-state index is -0.819. The van der Waals surface area contributed by atoms with Crippen LogP contribution in [0.5, 0.6) is 11.5 Å². The molecule has 1 saturated carbocycles. The number of amides is 2. The summed E-state index contributed by atoms with van der Waals surface area (Å²) in [6.45, 7) is 0.931. The number of nitrogens with one attached hydrogen (secondary N) is 1. The van der Waals surface area contributed by atoms with Crippen molar-refractivity contribution in [1.82, 2.24) is 5.32 Å². The summed E-state index contributed by atoms with van der Waals surface area (Å²) >= 11 is 1.36. The fourth-order valence-electron chi connectivity index (χ4n) is 4.66. The molecule has 5 rings (SSSR count). The minimum absolute atomic E-state index is 0.131. The SMILES string of the molecule is O=C(NC1CCCCC1)[C@@H](c1ccccc1)N(C(=O)c1cccs1)c1ccc2c(c1)OCCO2. The van der Waals surface area contributed by atoms with Crippen molar-refractivity contribution in [3.05, 3.63) is 76.5 Å². The van der Waals surface area contributed by atoms with Crippen LogP contribution in [0.15, 0.2) is 66.0 Å². The van der Waals surface area contributed by atoms with Crippen LogP contribution in [0.3, 0.4) is 0 Å². The van der Waals surface area contributed by atoms with Crippen molar-refractivity contribution in [2.24, 2.45) is 0 Å². The number of nitrogens with zero attached hydrogens (tertiary/aromatic N) is 1. The maximum Gasteiger partial charge on any atom is 0.269 e. The summed E-state index contributed by atoms with van der Waals surface area (Å²) in [6, 6.07) is 17.9. The lowest BCUT2D eigenvalue weighted by Gasteiger charge is -2.33. The molecular formula is C27H28N2O4S. The van der Waals surface area contributed by atoms with Crippen LogP contribution in [-0.2, 0) is 4.79 Å². The summed E-state index contributed by atoms with van der Waals surface area (Å²) in [5, 5.41) is 5.11. The Morgan fingerprint density at radius 2 is 1.68 bits per heavy atom. The molecule has 1 N–H and O–H groups in total. The van der Waals surface area contributed by atoms with E-state index in [1.807, 2.05) is 47.8 Å². The van der Waals surface area contributed by atoms with E-state index in [9.17, 15) is 9.59 Å². The average Bonchev–Trinajstić information content (AvgIpc) is 3.43. The number of anilines is 1. The van der Waals surface area contributed by atoms with Crippen molar-refractivity contribution in [3.63, 3.8) is 0 Å². The topological polar surface area (TPSA) is 67.9 Å². The molecule has 1 fully saturated rings. The van der Waals surface area contributed by atoms with Crippen LogP contribution in [0, 0.1) is 0 Å². The molecule has 1 aromatic heterocycles. The largest absolute Gasteiger partial charge is 0.486 e. The molecule has 2 heterocycles. The van der Waals surface area contributed by atoms with E-state index in [2.05, 4.69) is 5.32 Å². The summed E-state index contributed by atoms with van der Waals surface area (Å²) in [5.41, 5.74) is 1.35. The molecule has 176 valence electrons. The zero-order chi connectivity index (χ0) is 23.3. The third-order valence-electron chi connectivity index (χ3n) is 6.33. The summed E-state index contributed by atoms with van der Waals surface area (Å²) in [4.78, 5) is 29.9. The van der Waals surface area contributed by atoms with Gasteiger partial charge < -0.3 is 14.8 Å². The Bertz CT molecular complexity index is 1130. The number of hydrogen-bond donors (Lipinski definition) is 1. The standard InChI is InChI=1S/C27H28N2O4S/c30-26(28-20-10-5-2-6-11-20)25(19-8-3-1-4-9-19)29(27(31)24-12-7-17-34-24)21-13-14-22-23(18-21)33-16-15-32-22/h1,3-4,7-9,12-14,17-18,20,25H,2,5-6,10-11,15-16H2,(H,28,30)/t25-/m1/s1. The van der Waals surface area contributed by atoms with Gasteiger partial charge >= 0.3 is 0 Å². The van der Waals surface area contributed by atoms with Gasteiger partial charge in [-0.15, -0.1) is 11.3 Å². The molecule has 0 radical (unpaired) electrons. The number of hydrogen-bond acceptors (Lipinski definition) is 5. The van der Waals surface area contributed by atoms with Crippen molar-refractivity contribution in [2.45, 2.75) is 44.2 Å². The number of fused-ring (bicyclic) bond motifs is 1. The second-order valence-electron chi connectivity index (χ2n) is 8.64. The molecule has 1 aliphatic carbocycles. The van der Waals surface area contributed by atoms with E-state index in [4.69, 9.17) is 9.47 Å². The van der Waals surface area contributed by atoms with Gasteiger partial charge in [-0.05, 0) is 42.0 Å². The normalized spacial score (nSPS) is 16.5. The van der Waals surface area contributed by atoms with Gasteiger partial charge in [0.15, 0.2) is 11.5 Å². The molecule has 2 aromatic carbocycles. The van der Waals surface area contributed by atoms with Crippen LogP contribution in [0.4, 0.5) is 5.69 Å². The second-order valence-corrected chi connectivity index (χ2v) is 9.58. The Hall–Kier alpha value is -3.32. The maximum atomic E-state index is 13.9. The number of carbonyl (C=O) groups excluding carboxylic acids is 2. The molecule has 0 unspecified atom stereocenters. The van der Waals surface area contributed by atoms with E-state index >= 15 is 0 Å². The van der Waals surface area contributed by atoms with E-state index in [-0.39, 0.29) is 17.9 Å². The molecule has 6 nitrogen and oxygen atoms in total. The van der Waals surface area contributed by atoms with Gasteiger partial charge in [0.05, 0.1) is 4.88 Å². The summed E-state index contributed by atoms with van der Waals surface area (Å²) < 4.78 is 11.5. The third-order valence-corrected chi connectivity index (χ3v) is 7.19. The number of benzene rings is 2. The quantitative estimate of drug-likeness (QED) is 0.520. The molecule has 34 heavy (non-hydrogen) atoms. The Kier molecular flexibility index (Phi) is 6.81. The number of thiophene rings is 1. The van der Waals surface area contributed by atoms with E-state index in [0.717, 1.165) is 31.2 Å².